The van der Waals surface area contributed by atoms with Crippen molar-refractivity contribution in [3.63, 3.8) is 0 Å². The maximum absolute atomic E-state index is 6.53. The van der Waals surface area contributed by atoms with Gasteiger partial charge in [0.25, 0.3) is 0 Å². The van der Waals surface area contributed by atoms with Crippen LogP contribution in [0.4, 0.5) is 11.4 Å². The molecule has 0 unspecified atom stereocenters. The van der Waals surface area contributed by atoms with E-state index in [1.165, 1.54) is 11.3 Å². The van der Waals surface area contributed by atoms with Crippen LogP contribution in [0.5, 0.6) is 5.88 Å². The number of hydrogen-bond acceptors (Lipinski definition) is 4. The molecule has 0 bridgehead atoms. The molecule has 0 amide bonds. The fourth-order valence-corrected chi connectivity index (χ4v) is 3.62. The molecule has 132 valence electrons. The minimum atomic E-state index is 0.125. The zero-order valence-electron chi connectivity index (χ0n) is 15.4. The third kappa shape index (κ3) is 3.49. The van der Waals surface area contributed by atoms with Gasteiger partial charge in [-0.25, -0.2) is 4.98 Å². The van der Waals surface area contributed by atoms with Gasteiger partial charge in [0.05, 0.1) is 24.0 Å². The minimum absolute atomic E-state index is 0.125. The van der Waals surface area contributed by atoms with Gasteiger partial charge in [0.15, 0.2) is 0 Å². The van der Waals surface area contributed by atoms with Crippen molar-refractivity contribution in [3.8, 4) is 5.88 Å². The van der Waals surface area contributed by atoms with Crippen LogP contribution in [0, 0.1) is 0 Å². The SMILES string of the molecule is COc1ccc(N=Cc2cc3c(cc2Cl)N(C)C(C)(C)C[C@@H]3C)cn1. The molecule has 4 nitrogen and oxygen atoms in total. The Balaban J connectivity index is 1.93. The van der Waals surface area contributed by atoms with Crippen LogP contribution in [0.15, 0.2) is 35.5 Å². The molecule has 2 heterocycles. The number of fused-ring (bicyclic) bond motifs is 1. The quantitative estimate of drug-likeness (QED) is 0.707. The summed E-state index contributed by atoms with van der Waals surface area (Å²) in [6.07, 6.45) is 4.59. The van der Waals surface area contributed by atoms with Crippen LogP contribution >= 0.6 is 11.6 Å². The van der Waals surface area contributed by atoms with Crippen LogP contribution < -0.4 is 9.64 Å². The summed E-state index contributed by atoms with van der Waals surface area (Å²) >= 11 is 6.53. The van der Waals surface area contributed by atoms with Crippen LogP contribution in [0.2, 0.25) is 5.02 Å². The van der Waals surface area contributed by atoms with E-state index >= 15 is 0 Å². The molecule has 1 aliphatic heterocycles. The second kappa shape index (κ2) is 6.68. The highest BCUT2D eigenvalue weighted by Gasteiger charge is 2.34. The first kappa shape index (κ1) is 17.7. The number of pyridine rings is 1. The summed E-state index contributed by atoms with van der Waals surface area (Å²) in [5.74, 6) is 1.05. The van der Waals surface area contributed by atoms with Crippen molar-refractivity contribution in [2.45, 2.75) is 38.6 Å². The molecule has 0 saturated carbocycles. The smallest absolute Gasteiger partial charge is 0.213 e. The van der Waals surface area contributed by atoms with Crippen LogP contribution in [0.3, 0.4) is 0 Å². The lowest BCUT2D eigenvalue weighted by Crippen LogP contribution is -2.45. The number of benzene rings is 1. The minimum Gasteiger partial charge on any atom is -0.481 e. The number of anilines is 1. The number of halogens is 1. The highest BCUT2D eigenvalue weighted by molar-refractivity contribution is 6.33. The van der Waals surface area contributed by atoms with E-state index in [1.54, 1.807) is 25.6 Å². The third-order valence-corrected chi connectivity index (χ3v) is 5.36. The summed E-state index contributed by atoms with van der Waals surface area (Å²) < 4.78 is 5.06. The molecule has 2 aromatic rings. The van der Waals surface area contributed by atoms with Gasteiger partial charge in [-0.1, -0.05) is 18.5 Å². The number of rotatable bonds is 3. The van der Waals surface area contributed by atoms with Gasteiger partial charge in [0, 0.05) is 36.1 Å². The summed E-state index contributed by atoms with van der Waals surface area (Å²) in [6, 6.07) is 7.88. The van der Waals surface area contributed by atoms with Gasteiger partial charge in [0.1, 0.15) is 0 Å². The van der Waals surface area contributed by atoms with Crippen molar-refractivity contribution in [2.24, 2.45) is 4.99 Å². The number of methoxy groups -OCH3 is 1. The Bertz CT molecular complexity index is 799. The highest BCUT2D eigenvalue weighted by atomic mass is 35.5. The summed E-state index contributed by atoms with van der Waals surface area (Å²) in [4.78, 5) is 11.0. The van der Waals surface area contributed by atoms with Gasteiger partial charge >= 0.3 is 0 Å². The van der Waals surface area contributed by atoms with Crippen LogP contribution in [0.25, 0.3) is 0 Å². The lowest BCUT2D eigenvalue weighted by molar-refractivity contribution is 0.395. The highest BCUT2D eigenvalue weighted by Crippen LogP contribution is 2.44. The molecule has 1 aromatic carbocycles. The van der Waals surface area contributed by atoms with E-state index in [0.717, 1.165) is 17.7 Å². The number of hydrogen-bond donors (Lipinski definition) is 0. The van der Waals surface area contributed by atoms with Crippen LogP contribution in [-0.2, 0) is 0 Å². The first-order valence-corrected chi connectivity index (χ1v) is 8.81. The fraction of sp³-hybridized carbons (Fsp3) is 0.400. The van der Waals surface area contributed by atoms with Gasteiger partial charge in [-0.05, 0) is 49.9 Å². The van der Waals surface area contributed by atoms with E-state index in [0.29, 0.717) is 16.8 Å². The molecular formula is C20H24ClN3O. The molecule has 1 aliphatic rings. The Labute approximate surface area is 154 Å². The van der Waals surface area contributed by atoms with E-state index < -0.39 is 0 Å². The summed E-state index contributed by atoms with van der Waals surface area (Å²) in [6.45, 7) is 6.81. The standard InChI is InChI=1S/C20H24ClN3O/c1-13-10-20(2,3)24(4)18-9-17(21)14(8-16(13)18)11-22-15-6-7-19(25-5)23-12-15/h6-9,11-13H,10H2,1-5H3/t13-/m0/s1. The Morgan fingerprint density at radius 1 is 1.36 bits per heavy atom. The second-order valence-corrected chi connectivity index (χ2v) is 7.63. The van der Waals surface area contributed by atoms with E-state index in [1.807, 2.05) is 6.07 Å². The molecule has 0 aliphatic carbocycles. The summed E-state index contributed by atoms with van der Waals surface area (Å²) in [7, 11) is 3.73. The molecule has 0 saturated heterocycles. The molecule has 5 heteroatoms. The summed E-state index contributed by atoms with van der Waals surface area (Å²) in [5.41, 5.74) is 4.34. The fourth-order valence-electron chi connectivity index (χ4n) is 3.42. The van der Waals surface area contributed by atoms with Gasteiger partial charge in [-0.15, -0.1) is 0 Å². The van der Waals surface area contributed by atoms with Gasteiger partial charge in [-0.2, -0.15) is 0 Å². The second-order valence-electron chi connectivity index (χ2n) is 7.23. The largest absolute Gasteiger partial charge is 0.481 e. The Kier molecular flexibility index (Phi) is 4.74. The Morgan fingerprint density at radius 2 is 2.12 bits per heavy atom. The van der Waals surface area contributed by atoms with E-state index in [-0.39, 0.29) is 5.54 Å². The predicted octanol–water partition coefficient (Wildman–Crippen LogP) is 5.22. The monoisotopic (exact) mass is 357 g/mol. The maximum atomic E-state index is 6.53. The van der Waals surface area contributed by atoms with Crippen molar-refractivity contribution in [2.75, 3.05) is 19.1 Å². The zero-order chi connectivity index (χ0) is 18.2. The molecule has 25 heavy (non-hydrogen) atoms. The molecule has 0 fully saturated rings. The molecule has 0 N–H and O–H groups in total. The van der Waals surface area contributed by atoms with E-state index in [9.17, 15) is 0 Å². The molecule has 1 atom stereocenters. The Morgan fingerprint density at radius 3 is 2.76 bits per heavy atom. The molecule has 3 rings (SSSR count). The first-order valence-electron chi connectivity index (χ1n) is 8.43. The molecule has 0 spiro atoms. The number of aromatic nitrogens is 1. The van der Waals surface area contributed by atoms with Gasteiger partial charge < -0.3 is 9.64 Å². The first-order chi connectivity index (χ1) is 11.8. The topological polar surface area (TPSA) is 37.7 Å². The molecule has 0 radical (unpaired) electrons. The number of ether oxygens (including phenoxy) is 1. The number of nitrogens with zero attached hydrogens (tertiary/aromatic N) is 3. The van der Waals surface area contributed by atoms with E-state index in [2.05, 4.69) is 54.8 Å². The summed E-state index contributed by atoms with van der Waals surface area (Å²) in [5, 5.41) is 0.709. The van der Waals surface area contributed by atoms with Crippen molar-refractivity contribution in [3.05, 3.63) is 46.6 Å². The lowest BCUT2D eigenvalue weighted by atomic mass is 9.80. The normalized spacial score (nSPS) is 19.1. The van der Waals surface area contributed by atoms with Crippen molar-refractivity contribution < 1.29 is 4.74 Å². The van der Waals surface area contributed by atoms with Crippen molar-refractivity contribution >= 4 is 29.2 Å². The van der Waals surface area contributed by atoms with Crippen molar-refractivity contribution in [1.82, 2.24) is 4.98 Å². The average Bonchev–Trinajstić information content (AvgIpc) is 2.58. The zero-order valence-corrected chi connectivity index (χ0v) is 16.1. The van der Waals surface area contributed by atoms with Gasteiger partial charge in [-0.3, -0.25) is 4.99 Å². The lowest BCUT2D eigenvalue weighted by Gasteiger charge is -2.45. The number of aliphatic imine (C=N–C) groups is 1. The average molecular weight is 358 g/mol. The van der Waals surface area contributed by atoms with Gasteiger partial charge in [0.2, 0.25) is 5.88 Å². The van der Waals surface area contributed by atoms with Crippen LogP contribution in [-0.4, -0.2) is 30.9 Å². The predicted molar refractivity (Wildman–Crippen MR) is 105 cm³/mol. The van der Waals surface area contributed by atoms with Crippen molar-refractivity contribution in [1.29, 1.82) is 0 Å². The van der Waals surface area contributed by atoms with Crippen LogP contribution in [0.1, 0.15) is 44.2 Å². The molecular weight excluding hydrogens is 334 g/mol. The maximum Gasteiger partial charge on any atom is 0.213 e. The Hall–Kier alpha value is -2.07. The molecule has 1 aromatic heterocycles. The van der Waals surface area contributed by atoms with E-state index in [4.69, 9.17) is 16.3 Å². The third-order valence-electron chi connectivity index (χ3n) is 5.03.